The summed E-state index contributed by atoms with van der Waals surface area (Å²) in [5.41, 5.74) is 0. The number of hydrogen-bond donors (Lipinski definition) is 1. The third-order valence-corrected chi connectivity index (χ3v) is 12.4. The Morgan fingerprint density at radius 3 is 2.06 bits per heavy atom. The highest BCUT2D eigenvalue weighted by molar-refractivity contribution is 9.10. The number of esters is 2. The van der Waals surface area contributed by atoms with Gasteiger partial charge in [0.1, 0.15) is 23.6 Å². The van der Waals surface area contributed by atoms with E-state index in [1.165, 1.54) is 18.9 Å². The molecule has 0 saturated carbocycles. The van der Waals surface area contributed by atoms with Gasteiger partial charge in [-0.25, -0.2) is 0 Å². The molecule has 0 aromatic rings. The third-order valence-electron chi connectivity index (χ3n) is 4.53. The van der Waals surface area contributed by atoms with E-state index in [0.29, 0.717) is 6.61 Å². The van der Waals surface area contributed by atoms with Crippen molar-refractivity contribution in [3.63, 3.8) is 0 Å². The van der Waals surface area contributed by atoms with Gasteiger partial charge in [-0.05, 0) is 58.5 Å². The average Bonchev–Trinajstić information content (AvgIpc) is 2.63. The van der Waals surface area contributed by atoms with Crippen molar-refractivity contribution in [2.45, 2.75) is 95.2 Å². The molecule has 31 heavy (non-hydrogen) atoms. The SMILES string of the molecule is CCCC[Si](C)(C)O[Si](C)(C)CCCOCCC(=O)OCC(O)COC(=O)C(C)(C)Br. The summed E-state index contributed by atoms with van der Waals surface area (Å²) in [7, 11) is -3.28. The fourth-order valence-corrected chi connectivity index (χ4v) is 12.1. The van der Waals surface area contributed by atoms with Crippen LogP contribution in [0.4, 0.5) is 0 Å². The number of rotatable bonds is 17. The minimum atomic E-state index is -1.70. The van der Waals surface area contributed by atoms with E-state index in [1.54, 1.807) is 13.8 Å². The molecule has 0 amide bonds. The molecule has 0 aromatic carbocycles. The molecule has 0 fully saturated rings. The van der Waals surface area contributed by atoms with Crippen molar-refractivity contribution in [1.29, 1.82) is 0 Å². The summed E-state index contributed by atoms with van der Waals surface area (Å²) in [6.45, 7) is 15.1. The zero-order valence-corrected chi connectivity index (χ0v) is 24.0. The minimum absolute atomic E-state index is 0.120. The van der Waals surface area contributed by atoms with Gasteiger partial charge in [0.25, 0.3) is 0 Å². The molecular weight excluding hydrogens is 500 g/mol. The first-order valence-corrected chi connectivity index (χ1v) is 18.2. The number of alkyl halides is 1. The molecule has 1 N–H and O–H groups in total. The summed E-state index contributed by atoms with van der Waals surface area (Å²) in [5, 5.41) is 9.75. The molecule has 0 heterocycles. The molecule has 7 nitrogen and oxygen atoms in total. The van der Waals surface area contributed by atoms with E-state index in [1.807, 2.05) is 0 Å². The van der Waals surface area contributed by atoms with Crippen LogP contribution in [0.1, 0.15) is 46.5 Å². The van der Waals surface area contributed by atoms with Crippen molar-refractivity contribution < 1.29 is 33.0 Å². The summed E-state index contributed by atoms with van der Waals surface area (Å²) >= 11 is 3.18. The Morgan fingerprint density at radius 2 is 1.52 bits per heavy atom. The zero-order valence-electron chi connectivity index (χ0n) is 20.4. The lowest BCUT2D eigenvalue weighted by molar-refractivity contribution is -0.153. The van der Waals surface area contributed by atoms with Crippen LogP contribution in [0.3, 0.4) is 0 Å². The molecule has 184 valence electrons. The summed E-state index contributed by atoms with van der Waals surface area (Å²) < 4.78 is 21.2. The average molecular weight is 544 g/mol. The van der Waals surface area contributed by atoms with Gasteiger partial charge in [-0.1, -0.05) is 35.7 Å². The molecule has 0 radical (unpaired) electrons. The van der Waals surface area contributed by atoms with E-state index in [-0.39, 0.29) is 26.2 Å². The second-order valence-electron chi connectivity index (χ2n) is 9.60. The minimum Gasteiger partial charge on any atom is -0.463 e. The Morgan fingerprint density at radius 1 is 0.968 bits per heavy atom. The molecule has 0 aliphatic carbocycles. The number of ether oxygens (including phenoxy) is 3. The van der Waals surface area contributed by atoms with Gasteiger partial charge < -0.3 is 23.4 Å². The van der Waals surface area contributed by atoms with Gasteiger partial charge in [0.15, 0.2) is 16.6 Å². The van der Waals surface area contributed by atoms with E-state index in [4.69, 9.17) is 18.3 Å². The Kier molecular flexibility index (Phi) is 14.7. The van der Waals surface area contributed by atoms with Gasteiger partial charge in [0, 0.05) is 6.61 Å². The number of halogens is 1. The number of hydrogen-bond acceptors (Lipinski definition) is 7. The van der Waals surface area contributed by atoms with Crippen LogP contribution < -0.4 is 0 Å². The Hall–Kier alpha value is -0.266. The molecule has 0 bridgehead atoms. The van der Waals surface area contributed by atoms with Crippen LogP contribution in [0.2, 0.25) is 38.3 Å². The molecule has 0 aromatic heterocycles. The Bertz CT molecular complexity index is 536. The molecule has 0 saturated heterocycles. The highest BCUT2D eigenvalue weighted by Gasteiger charge is 2.32. The lowest BCUT2D eigenvalue weighted by Crippen LogP contribution is -2.44. The number of aliphatic hydroxyl groups excluding tert-OH is 1. The predicted octanol–water partition coefficient (Wildman–Crippen LogP) is 4.63. The van der Waals surface area contributed by atoms with Gasteiger partial charge in [-0.2, -0.15) is 0 Å². The van der Waals surface area contributed by atoms with Crippen LogP contribution in [-0.4, -0.2) is 70.5 Å². The first kappa shape index (κ1) is 30.7. The lowest BCUT2D eigenvalue weighted by atomic mass is 10.2. The molecule has 0 spiro atoms. The molecule has 0 aliphatic heterocycles. The fraction of sp³-hybridized carbons (Fsp3) is 0.905. The van der Waals surface area contributed by atoms with E-state index >= 15 is 0 Å². The monoisotopic (exact) mass is 542 g/mol. The lowest BCUT2D eigenvalue weighted by Gasteiger charge is -2.34. The number of unbranched alkanes of at least 4 members (excludes halogenated alkanes) is 1. The molecule has 1 unspecified atom stereocenters. The summed E-state index contributed by atoms with van der Waals surface area (Å²) in [6, 6.07) is 2.25. The summed E-state index contributed by atoms with van der Waals surface area (Å²) in [6.07, 6.45) is 2.43. The topological polar surface area (TPSA) is 91.3 Å². The van der Waals surface area contributed by atoms with Gasteiger partial charge in [0.2, 0.25) is 0 Å². The Labute approximate surface area is 198 Å². The molecule has 0 rings (SSSR count). The van der Waals surface area contributed by atoms with Gasteiger partial charge in [-0.15, -0.1) is 0 Å². The second-order valence-corrected chi connectivity index (χ2v) is 20.4. The second kappa shape index (κ2) is 14.8. The molecular formula is C21H43BrO7Si2. The first-order valence-electron chi connectivity index (χ1n) is 11.2. The van der Waals surface area contributed by atoms with E-state index in [9.17, 15) is 14.7 Å². The first-order chi connectivity index (χ1) is 14.2. The van der Waals surface area contributed by atoms with Crippen LogP contribution in [0.5, 0.6) is 0 Å². The van der Waals surface area contributed by atoms with Gasteiger partial charge in [0.05, 0.1) is 13.0 Å². The normalized spacial score (nSPS) is 13.7. The highest BCUT2D eigenvalue weighted by atomic mass is 79.9. The van der Waals surface area contributed by atoms with Crippen molar-refractivity contribution in [2.24, 2.45) is 0 Å². The standard InChI is InChI=1S/C21H43BrO7Si2/c1-8-9-14-30(4,5)29-31(6,7)15-10-12-26-13-11-19(24)27-16-18(23)17-28-20(25)21(2,3)22/h18,23H,8-17H2,1-7H3. The zero-order chi connectivity index (χ0) is 24.1. The van der Waals surface area contributed by atoms with Crippen LogP contribution in [0.25, 0.3) is 0 Å². The van der Waals surface area contributed by atoms with Gasteiger partial charge >= 0.3 is 11.9 Å². The fourth-order valence-electron chi connectivity index (χ4n) is 2.96. The van der Waals surface area contributed by atoms with Crippen molar-refractivity contribution in [1.82, 2.24) is 0 Å². The maximum atomic E-state index is 11.7. The van der Waals surface area contributed by atoms with E-state index in [0.717, 1.165) is 12.5 Å². The van der Waals surface area contributed by atoms with Crippen LogP contribution in [-0.2, 0) is 27.9 Å². The smallest absolute Gasteiger partial charge is 0.322 e. The number of aliphatic hydroxyl groups is 1. The van der Waals surface area contributed by atoms with Crippen LogP contribution >= 0.6 is 15.9 Å². The Balaban J connectivity index is 3.89. The van der Waals surface area contributed by atoms with Crippen molar-refractivity contribution in [3.05, 3.63) is 0 Å². The summed E-state index contributed by atoms with van der Waals surface area (Å²) in [4.78, 5) is 23.3. The van der Waals surface area contributed by atoms with Crippen molar-refractivity contribution in [2.75, 3.05) is 26.4 Å². The number of carbonyl (C=O) groups is 2. The van der Waals surface area contributed by atoms with Crippen LogP contribution in [0, 0.1) is 0 Å². The van der Waals surface area contributed by atoms with Crippen molar-refractivity contribution in [3.8, 4) is 0 Å². The quantitative estimate of drug-likeness (QED) is 0.124. The third kappa shape index (κ3) is 16.9. The van der Waals surface area contributed by atoms with Crippen molar-refractivity contribution >= 4 is 44.5 Å². The molecule has 1 atom stereocenters. The summed E-state index contributed by atoms with van der Waals surface area (Å²) in [5.74, 6) is -0.942. The predicted molar refractivity (Wildman–Crippen MR) is 132 cm³/mol. The number of carbonyl (C=O) groups excluding carboxylic acids is 2. The maximum Gasteiger partial charge on any atom is 0.322 e. The van der Waals surface area contributed by atoms with E-state index < -0.39 is 39.0 Å². The van der Waals surface area contributed by atoms with Gasteiger partial charge in [-0.3, -0.25) is 9.59 Å². The van der Waals surface area contributed by atoms with E-state index in [2.05, 4.69) is 49.0 Å². The molecule has 10 heteroatoms. The van der Waals surface area contributed by atoms with Crippen LogP contribution in [0.15, 0.2) is 0 Å². The molecule has 0 aliphatic rings. The highest BCUT2D eigenvalue weighted by Crippen LogP contribution is 2.24. The largest absolute Gasteiger partial charge is 0.463 e. The maximum absolute atomic E-state index is 11.7.